The van der Waals surface area contributed by atoms with Crippen LogP contribution in [0.1, 0.15) is 19.4 Å². The SMILES string of the molecule is CC1(C)NC(=O)N(CCOc2cccc(CN)c2)C1=O. The lowest BCUT2D eigenvalue weighted by Crippen LogP contribution is -2.40. The Morgan fingerprint density at radius 2 is 2.10 bits per heavy atom. The molecule has 6 heteroatoms. The molecule has 1 fully saturated rings. The molecule has 2 rings (SSSR count). The molecule has 3 amide bonds. The van der Waals surface area contributed by atoms with E-state index in [0.29, 0.717) is 12.3 Å². The first-order chi connectivity index (χ1) is 9.44. The van der Waals surface area contributed by atoms with Gasteiger partial charge in [0.15, 0.2) is 0 Å². The molecule has 0 aromatic heterocycles. The molecule has 6 nitrogen and oxygen atoms in total. The van der Waals surface area contributed by atoms with E-state index in [0.717, 1.165) is 5.56 Å². The van der Waals surface area contributed by atoms with E-state index in [9.17, 15) is 9.59 Å². The molecule has 1 heterocycles. The summed E-state index contributed by atoms with van der Waals surface area (Å²) >= 11 is 0. The molecule has 0 bridgehead atoms. The normalized spacial score (nSPS) is 17.2. The number of imide groups is 1. The van der Waals surface area contributed by atoms with Crippen molar-refractivity contribution in [1.29, 1.82) is 0 Å². The van der Waals surface area contributed by atoms with Gasteiger partial charge in [0, 0.05) is 6.54 Å². The number of nitrogens with zero attached hydrogens (tertiary/aromatic N) is 1. The fraction of sp³-hybridized carbons (Fsp3) is 0.429. The summed E-state index contributed by atoms with van der Waals surface area (Å²) in [6.45, 7) is 4.28. The monoisotopic (exact) mass is 277 g/mol. The molecule has 1 aliphatic rings. The summed E-state index contributed by atoms with van der Waals surface area (Å²) in [5.41, 5.74) is 5.69. The molecular formula is C14H19N3O3. The van der Waals surface area contributed by atoms with Crippen LogP contribution in [0, 0.1) is 0 Å². The number of hydrogen-bond donors (Lipinski definition) is 2. The predicted octanol–water partition coefficient (Wildman–Crippen LogP) is 0.854. The van der Waals surface area contributed by atoms with Crippen LogP contribution in [0.4, 0.5) is 4.79 Å². The number of ether oxygens (including phenoxy) is 1. The third-order valence-electron chi connectivity index (χ3n) is 3.16. The van der Waals surface area contributed by atoms with Crippen LogP contribution in [-0.4, -0.2) is 35.5 Å². The number of carbonyl (C=O) groups excluding carboxylic acids is 2. The van der Waals surface area contributed by atoms with E-state index in [1.54, 1.807) is 13.8 Å². The molecule has 20 heavy (non-hydrogen) atoms. The van der Waals surface area contributed by atoms with Crippen LogP contribution in [0.3, 0.4) is 0 Å². The average molecular weight is 277 g/mol. The van der Waals surface area contributed by atoms with Gasteiger partial charge in [-0.05, 0) is 31.5 Å². The van der Waals surface area contributed by atoms with Gasteiger partial charge >= 0.3 is 6.03 Å². The highest BCUT2D eigenvalue weighted by Crippen LogP contribution is 2.17. The Kier molecular flexibility index (Phi) is 3.94. The zero-order valence-corrected chi connectivity index (χ0v) is 11.7. The van der Waals surface area contributed by atoms with Crippen molar-refractivity contribution in [3.8, 4) is 5.75 Å². The second-order valence-electron chi connectivity index (χ2n) is 5.21. The van der Waals surface area contributed by atoms with E-state index >= 15 is 0 Å². The number of benzene rings is 1. The van der Waals surface area contributed by atoms with Gasteiger partial charge in [-0.25, -0.2) is 4.79 Å². The van der Waals surface area contributed by atoms with Gasteiger partial charge in [0.25, 0.3) is 5.91 Å². The lowest BCUT2D eigenvalue weighted by Gasteiger charge is -2.16. The second kappa shape index (κ2) is 5.50. The molecule has 0 atom stereocenters. The maximum atomic E-state index is 12.0. The number of hydrogen-bond acceptors (Lipinski definition) is 4. The van der Waals surface area contributed by atoms with Crippen molar-refractivity contribution < 1.29 is 14.3 Å². The third-order valence-corrected chi connectivity index (χ3v) is 3.16. The van der Waals surface area contributed by atoms with Crippen LogP contribution in [0.15, 0.2) is 24.3 Å². The Balaban J connectivity index is 1.90. The summed E-state index contributed by atoms with van der Waals surface area (Å²) in [4.78, 5) is 24.8. The molecule has 3 N–H and O–H groups in total. The van der Waals surface area contributed by atoms with E-state index in [2.05, 4.69) is 5.32 Å². The topological polar surface area (TPSA) is 84.7 Å². The molecule has 108 valence electrons. The fourth-order valence-electron chi connectivity index (χ4n) is 2.04. The van der Waals surface area contributed by atoms with Crippen LogP contribution >= 0.6 is 0 Å². The van der Waals surface area contributed by atoms with Crippen LogP contribution < -0.4 is 15.8 Å². The number of nitrogens with two attached hydrogens (primary N) is 1. The quantitative estimate of drug-likeness (QED) is 0.782. The number of urea groups is 1. The van der Waals surface area contributed by atoms with Gasteiger partial charge in [-0.3, -0.25) is 9.69 Å². The van der Waals surface area contributed by atoms with Crippen LogP contribution in [0.2, 0.25) is 0 Å². The Morgan fingerprint density at radius 3 is 2.70 bits per heavy atom. The minimum Gasteiger partial charge on any atom is -0.492 e. The first-order valence-electron chi connectivity index (χ1n) is 6.50. The average Bonchev–Trinajstić information content (AvgIpc) is 2.61. The van der Waals surface area contributed by atoms with Crippen molar-refractivity contribution in [2.45, 2.75) is 25.9 Å². The number of nitrogens with one attached hydrogen (secondary N) is 1. The molecule has 0 unspecified atom stereocenters. The number of rotatable bonds is 5. The van der Waals surface area contributed by atoms with Crippen molar-refractivity contribution in [3.63, 3.8) is 0 Å². The molecule has 1 aromatic carbocycles. The van der Waals surface area contributed by atoms with Gasteiger partial charge < -0.3 is 15.8 Å². The lowest BCUT2D eigenvalue weighted by molar-refractivity contribution is -0.130. The van der Waals surface area contributed by atoms with Crippen molar-refractivity contribution in [1.82, 2.24) is 10.2 Å². The minimum absolute atomic E-state index is 0.223. The minimum atomic E-state index is -0.837. The highest BCUT2D eigenvalue weighted by molar-refractivity contribution is 6.06. The van der Waals surface area contributed by atoms with Crippen molar-refractivity contribution in [2.24, 2.45) is 5.73 Å². The third kappa shape index (κ3) is 2.91. The summed E-state index contributed by atoms with van der Waals surface area (Å²) in [7, 11) is 0. The maximum absolute atomic E-state index is 12.0. The first-order valence-corrected chi connectivity index (χ1v) is 6.50. The Morgan fingerprint density at radius 1 is 1.35 bits per heavy atom. The Hall–Kier alpha value is -2.08. The standard InChI is InChI=1S/C14H19N3O3/c1-14(2)12(18)17(13(19)16-14)6-7-20-11-5-3-4-10(8-11)9-15/h3-5,8H,6-7,9,15H2,1-2H3,(H,16,19). The fourth-order valence-corrected chi connectivity index (χ4v) is 2.04. The van der Waals surface area contributed by atoms with E-state index in [1.807, 2.05) is 24.3 Å². The van der Waals surface area contributed by atoms with E-state index in [1.165, 1.54) is 4.90 Å². The van der Waals surface area contributed by atoms with E-state index in [4.69, 9.17) is 10.5 Å². The van der Waals surface area contributed by atoms with Crippen LogP contribution in [0.5, 0.6) is 5.75 Å². The molecule has 0 spiro atoms. The van der Waals surface area contributed by atoms with E-state index < -0.39 is 5.54 Å². The summed E-state index contributed by atoms with van der Waals surface area (Å²) in [6.07, 6.45) is 0. The predicted molar refractivity (Wildman–Crippen MR) is 74.2 cm³/mol. The van der Waals surface area contributed by atoms with Gasteiger partial charge in [-0.2, -0.15) is 0 Å². The van der Waals surface area contributed by atoms with Gasteiger partial charge in [0.05, 0.1) is 6.54 Å². The lowest BCUT2D eigenvalue weighted by atomic mass is 10.1. The second-order valence-corrected chi connectivity index (χ2v) is 5.21. The summed E-state index contributed by atoms with van der Waals surface area (Å²) in [6, 6.07) is 7.05. The van der Waals surface area contributed by atoms with Crippen molar-refractivity contribution in [3.05, 3.63) is 29.8 Å². The number of amides is 3. The highest BCUT2D eigenvalue weighted by Gasteiger charge is 2.43. The van der Waals surface area contributed by atoms with Crippen LogP contribution in [-0.2, 0) is 11.3 Å². The molecule has 0 aliphatic carbocycles. The van der Waals surface area contributed by atoms with Gasteiger partial charge in [0.2, 0.25) is 0 Å². The molecule has 1 aliphatic heterocycles. The molecule has 0 saturated carbocycles. The number of carbonyl (C=O) groups is 2. The zero-order chi connectivity index (χ0) is 14.8. The highest BCUT2D eigenvalue weighted by atomic mass is 16.5. The maximum Gasteiger partial charge on any atom is 0.325 e. The molecule has 0 radical (unpaired) electrons. The largest absolute Gasteiger partial charge is 0.492 e. The summed E-state index contributed by atoms with van der Waals surface area (Å²) in [5.74, 6) is 0.445. The zero-order valence-electron chi connectivity index (χ0n) is 11.7. The van der Waals surface area contributed by atoms with Crippen LogP contribution in [0.25, 0.3) is 0 Å². The van der Waals surface area contributed by atoms with Gasteiger partial charge in [0.1, 0.15) is 17.9 Å². The summed E-state index contributed by atoms with van der Waals surface area (Å²) in [5, 5.41) is 2.63. The van der Waals surface area contributed by atoms with Crippen molar-refractivity contribution >= 4 is 11.9 Å². The summed E-state index contributed by atoms with van der Waals surface area (Å²) < 4.78 is 5.55. The molecular weight excluding hydrogens is 258 g/mol. The van der Waals surface area contributed by atoms with Crippen molar-refractivity contribution in [2.75, 3.05) is 13.2 Å². The van der Waals surface area contributed by atoms with Gasteiger partial charge in [-0.1, -0.05) is 12.1 Å². The Bertz CT molecular complexity index is 528. The molecule has 1 aromatic rings. The first kappa shape index (κ1) is 14.3. The molecule has 1 saturated heterocycles. The smallest absolute Gasteiger partial charge is 0.325 e. The van der Waals surface area contributed by atoms with E-state index in [-0.39, 0.29) is 25.1 Å². The Labute approximate surface area is 117 Å². The van der Waals surface area contributed by atoms with Gasteiger partial charge in [-0.15, -0.1) is 0 Å².